The van der Waals surface area contributed by atoms with Crippen LogP contribution in [-0.2, 0) is 6.61 Å². The zero-order valence-electron chi connectivity index (χ0n) is 15.4. The van der Waals surface area contributed by atoms with Crippen molar-refractivity contribution in [3.63, 3.8) is 0 Å². The highest BCUT2D eigenvalue weighted by Gasteiger charge is 2.25. The van der Waals surface area contributed by atoms with Crippen LogP contribution in [0.25, 0.3) is 0 Å². The van der Waals surface area contributed by atoms with Gasteiger partial charge in [0.1, 0.15) is 6.61 Å². The van der Waals surface area contributed by atoms with Crippen LogP contribution in [-0.4, -0.2) is 12.9 Å². The highest BCUT2D eigenvalue weighted by atomic mass is 79.9. The Morgan fingerprint density at radius 1 is 1.04 bits per heavy atom. The first-order valence-electron chi connectivity index (χ1n) is 9.08. The highest BCUT2D eigenvalue weighted by Crippen LogP contribution is 2.36. The molecule has 3 aromatic carbocycles. The van der Waals surface area contributed by atoms with E-state index in [1.807, 2.05) is 66.7 Å². The summed E-state index contributed by atoms with van der Waals surface area (Å²) in [5.41, 5.74) is 3.69. The molecule has 0 bridgehead atoms. The molecule has 1 N–H and O–H groups in total. The van der Waals surface area contributed by atoms with Crippen molar-refractivity contribution in [2.75, 3.05) is 12.4 Å². The zero-order chi connectivity index (χ0) is 19.5. The van der Waals surface area contributed by atoms with Crippen molar-refractivity contribution < 1.29 is 14.3 Å². The molecule has 0 aliphatic carbocycles. The van der Waals surface area contributed by atoms with Crippen molar-refractivity contribution >= 4 is 27.4 Å². The molecule has 0 fully saturated rings. The summed E-state index contributed by atoms with van der Waals surface area (Å²) in [5, 5.41) is 3.46. The van der Waals surface area contributed by atoms with Crippen LogP contribution in [0, 0.1) is 0 Å². The first kappa shape index (κ1) is 18.6. The van der Waals surface area contributed by atoms with Gasteiger partial charge >= 0.3 is 0 Å². The number of hydrogen-bond acceptors (Lipinski definition) is 4. The van der Waals surface area contributed by atoms with Crippen LogP contribution in [0.4, 0.5) is 5.69 Å². The molecule has 28 heavy (non-hydrogen) atoms. The summed E-state index contributed by atoms with van der Waals surface area (Å²) < 4.78 is 12.5. The van der Waals surface area contributed by atoms with Gasteiger partial charge in [0.05, 0.1) is 13.2 Å². The molecular formula is C23H20BrNO3. The number of para-hydroxylation sites is 1. The van der Waals surface area contributed by atoms with E-state index >= 15 is 0 Å². The summed E-state index contributed by atoms with van der Waals surface area (Å²) in [6.45, 7) is 0.455. The van der Waals surface area contributed by atoms with Crippen molar-refractivity contribution in [1.29, 1.82) is 0 Å². The molecule has 0 spiro atoms. The molecule has 1 aliphatic heterocycles. The SMILES string of the molecule is COc1cc(C2CC(=O)c3ccccc3N2)ccc1OCc1ccc(Br)cc1. The maximum absolute atomic E-state index is 12.5. The molecule has 5 heteroatoms. The number of rotatable bonds is 5. The average molecular weight is 438 g/mol. The molecule has 1 aliphatic rings. The molecule has 0 saturated carbocycles. The van der Waals surface area contributed by atoms with Crippen molar-refractivity contribution in [2.45, 2.75) is 19.1 Å². The maximum atomic E-state index is 12.5. The van der Waals surface area contributed by atoms with E-state index < -0.39 is 0 Å². The quantitative estimate of drug-likeness (QED) is 0.549. The van der Waals surface area contributed by atoms with Gasteiger partial charge in [-0.1, -0.05) is 46.3 Å². The van der Waals surface area contributed by atoms with Gasteiger partial charge in [0.15, 0.2) is 17.3 Å². The largest absolute Gasteiger partial charge is 0.493 e. The Morgan fingerprint density at radius 3 is 2.61 bits per heavy atom. The standard InChI is InChI=1S/C23H20BrNO3/c1-27-23-12-16(20-13-21(26)18-4-2-3-5-19(18)25-20)8-11-22(23)28-14-15-6-9-17(24)10-7-15/h2-12,20,25H,13-14H2,1H3. The molecule has 142 valence electrons. The Morgan fingerprint density at radius 2 is 1.82 bits per heavy atom. The maximum Gasteiger partial charge on any atom is 0.167 e. The molecule has 1 unspecified atom stereocenters. The summed E-state index contributed by atoms with van der Waals surface area (Å²) in [6.07, 6.45) is 0.416. The monoisotopic (exact) mass is 437 g/mol. The molecule has 4 rings (SSSR count). The van der Waals surface area contributed by atoms with Crippen molar-refractivity contribution in [1.82, 2.24) is 0 Å². The van der Waals surface area contributed by atoms with Crippen molar-refractivity contribution in [3.05, 3.63) is 87.9 Å². The lowest BCUT2D eigenvalue weighted by molar-refractivity contribution is 0.0972. The zero-order valence-corrected chi connectivity index (χ0v) is 17.0. The fraction of sp³-hybridized carbons (Fsp3) is 0.174. The Bertz CT molecular complexity index is 1000. The van der Waals surface area contributed by atoms with E-state index in [1.54, 1.807) is 7.11 Å². The molecule has 0 radical (unpaired) electrons. The van der Waals surface area contributed by atoms with Gasteiger partial charge in [0.2, 0.25) is 0 Å². The van der Waals surface area contributed by atoms with Gasteiger partial charge in [-0.05, 0) is 47.5 Å². The number of ketones is 1. The second kappa shape index (κ2) is 8.07. The first-order chi connectivity index (χ1) is 13.6. The Labute approximate surface area is 172 Å². The second-order valence-electron chi connectivity index (χ2n) is 6.70. The van der Waals surface area contributed by atoms with E-state index in [0.717, 1.165) is 26.9 Å². The Hall–Kier alpha value is -2.79. The number of benzene rings is 3. The minimum Gasteiger partial charge on any atom is -0.493 e. The van der Waals surface area contributed by atoms with E-state index in [0.29, 0.717) is 24.5 Å². The predicted molar refractivity (Wildman–Crippen MR) is 113 cm³/mol. The third-order valence-electron chi connectivity index (χ3n) is 4.84. The lowest BCUT2D eigenvalue weighted by atomic mass is 9.92. The van der Waals surface area contributed by atoms with Crippen molar-refractivity contribution in [3.8, 4) is 11.5 Å². The number of hydrogen-bond donors (Lipinski definition) is 1. The number of halogens is 1. The van der Waals surface area contributed by atoms with Crippen LogP contribution >= 0.6 is 15.9 Å². The van der Waals surface area contributed by atoms with Crippen molar-refractivity contribution in [2.24, 2.45) is 0 Å². The molecule has 4 nitrogen and oxygen atoms in total. The predicted octanol–water partition coefficient (Wildman–Crippen LogP) is 5.78. The lowest BCUT2D eigenvalue weighted by Gasteiger charge is -2.27. The van der Waals surface area contributed by atoms with Gasteiger partial charge < -0.3 is 14.8 Å². The lowest BCUT2D eigenvalue weighted by Crippen LogP contribution is -2.22. The third-order valence-corrected chi connectivity index (χ3v) is 5.37. The molecule has 0 amide bonds. The summed E-state index contributed by atoms with van der Waals surface area (Å²) in [5.74, 6) is 1.48. The molecule has 0 saturated heterocycles. The Balaban J connectivity index is 1.52. The molecule has 1 atom stereocenters. The summed E-state index contributed by atoms with van der Waals surface area (Å²) in [7, 11) is 1.63. The highest BCUT2D eigenvalue weighted by molar-refractivity contribution is 9.10. The number of carbonyl (C=O) groups excluding carboxylic acids is 1. The van der Waals surface area contributed by atoms with Crippen LogP contribution < -0.4 is 14.8 Å². The first-order valence-corrected chi connectivity index (χ1v) is 9.87. The topological polar surface area (TPSA) is 47.6 Å². The van der Waals surface area contributed by atoms with Crippen LogP contribution in [0.5, 0.6) is 11.5 Å². The minimum atomic E-state index is -0.0863. The van der Waals surface area contributed by atoms with E-state index in [4.69, 9.17) is 9.47 Å². The number of nitrogens with one attached hydrogen (secondary N) is 1. The Kier molecular flexibility index (Phi) is 5.35. The molecule has 3 aromatic rings. The molecule has 0 aromatic heterocycles. The van der Waals surface area contributed by atoms with Gasteiger partial charge in [-0.15, -0.1) is 0 Å². The van der Waals surface area contributed by atoms with E-state index in [1.165, 1.54) is 0 Å². The van der Waals surface area contributed by atoms with Gasteiger partial charge in [-0.2, -0.15) is 0 Å². The van der Waals surface area contributed by atoms with Gasteiger partial charge in [0.25, 0.3) is 0 Å². The number of Topliss-reactive ketones (excluding diaryl/α,β-unsaturated/α-hetero) is 1. The minimum absolute atomic E-state index is 0.0863. The number of carbonyl (C=O) groups is 1. The van der Waals surface area contributed by atoms with Gasteiger partial charge in [-0.3, -0.25) is 4.79 Å². The fourth-order valence-corrected chi connectivity index (χ4v) is 3.61. The van der Waals surface area contributed by atoms with Crippen LogP contribution in [0.2, 0.25) is 0 Å². The average Bonchev–Trinajstić information content (AvgIpc) is 2.73. The van der Waals surface area contributed by atoms with E-state index in [9.17, 15) is 4.79 Å². The molecular weight excluding hydrogens is 418 g/mol. The van der Waals surface area contributed by atoms with Gasteiger partial charge in [0, 0.05) is 22.1 Å². The summed E-state index contributed by atoms with van der Waals surface area (Å²) >= 11 is 3.43. The number of anilines is 1. The van der Waals surface area contributed by atoms with E-state index in [-0.39, 0.29) is 11.8 Å². The van der Waals surface area contributed by atoms with Crippen LogP contribution in [0.1, 0.15) is 33.9 Å². The summed E-state index contributed by atoms with van der Waals surface area (Å²) in [4.78, 5) is 12.5. The number of ether oxygens (including phenoxy) is 2. The fourth-order valence-electron chi connectivity index (χ4n) is 3.35. The smallest absolute Gasteiger partial charge is 0.167 e. The second-order valence-corrected chi connectivity index (χ2v) is 7.61. The number of fused-ring (bicyclic) bond motifs is 1. The third kappa shape index (κ3) is 3.90. The van der Waals surface area contributed by atoms with Crippen LogP contribution in [0.3, 0.4) is 0 Å². The summed E-state index contributed by atoms with van der Waals surface area (Å²) in [6, 6.07) is 21.4. The van der Waals surface area contributed by atoms with Gasteiger partial charge in [-0.25, -0.2) is 0 Å². The normalized spacial score (nSPS) is 15.5. The molecule has 1 heterocycles. The van der Waals surface area contributed by atoms with E-state index in [2.05, 4.69) is 21.2 Å². The number of methoxy groups -OCH3 is 1. The van der Waals surface area contributed by atoms with Crippen LogP contribution in [0.15, 0.2) is 71.2 Å².